The molecule has 8 rings (SSSR count). The average Bonchev–Trinajstić information content (AvgIpc) is 2.94. The van der Waals surface area contributed by atoms with Crippen LogP contribution in [-0.2, 0) is 27.2 Å². The van der Waals surface area contributed by atoms with E-state index in [1.54, 1.807) is 0 Å². The standard InChI is InChI=1S/C31H33N3O5/c1-21(35)33-20-30(37)34-16-14-23-18-27-11-12-28(23)31(34)24-4-2-5-26(19-24)38-17-3-15-32-29(36)13-8-22-6-9-25(39-27)10-7-22/h2,4-7,9-12,18-19,31H,3,8,13-17,20H2,1H3,(H,32,36)(H,33,35). The van der Waals surface area contributed by atoms with Crippen molar-refractivity contribution in [2.45, 2.75) is 38.6 Å². The Labute approximate surface area is 228 Å². The molecule has 5 aliphatic heterocycles. The van der Waals surface area contributed by atoms with E-state index in [9.17, 15) is 14.4 Å². The Morgan fingerprint density at radius 1 is 0.974 bits per heavy atom. The van der Waals surface area contributed by atoms with Gasteiger partial charge in [-0.15, -0.1) is 0 Å². The van der Waals surface area contributed by atoms with Crippen LogP contribution in [0.25, 0.3) is 0 Å². The molecular formula is C31H33N3O5. The van der Waals surface area contributed by atoms with Crippen molar-refractivity contribution in [3.05, 3.63) is 89.0 Å². The first-order valence-electron chi connectivity index (χ1n) is 13.4. The number of aryl methyl sites for hydroxylation is 1. The summed E-state index contributed by atoms with van der Waals surface area (Å²) in [4.78, 5) is 38.8. The van der Waals surface area contributed by atoms with Crippen LogP contribution in [0.4, 0.5) is 0 Å². The average molecular weight is 528 g/mol. The van der Waals surface area contributed by atoms with E-state index in [1.807, 2.05) is 71.6 Å². The van der Waals surface area contributed by atoms with Crippen LogP contribution >= 0.6 is 0 Å². The van der Waals surface area contributed by atoms with Gasteiger partial charge in [-0.05, 0) is 77.9 Å². The number of rotatable bonds is 2. The molecular weight excluding hydrogens is 494 g/mol. The monoisotopic (exact) mass is 527 g/mol. The zero-order valence-corrected chi connectivity index (χ0v) is 22.1. The van der Waals surface area contributed by atoms with Gasteiger partial charge in [0.2, 0.25) is 17.7 Å². The predicted octanol–water partition coefficient (Wildman–Crippen LogP) is 3.92. The molecule has 0 radical (unpaired) electrons. The SMILES string of the molecule is CC(=O)NCC(=O)N1CCc2cc3ccc2C1c1cccc(c1)OCCCNC(=O)CCc1ccc(cc1)O3. The van der Waals surface area contributed by atoms with E-state index < -0.39 is 0 Å². The molecule has 0 spiro atoms. The normalized spacial score (nSPS) is 17.3. The second-order valence-electron chi connectivity index (χ2n) is 9.88. The molecule has 202 valence electrons. The summed E-state index contributed by atoms with van der Waals surface area (Å²) in [6, 6.07) is 21.2. The topological polar surface area (TPSA) is 97.0 Å². The van der Waals surface area contributed by atoms with E-state index >= 15 is 0 Å². The molecule has 3 aromatic rings. The van der Waals surface area contributed by atoms with Crippen molar-refractivity contribution < 1.29 is 23.9 Å². The summed E-state index contributed by atoms with van der Waals surface area (Å²) in [5.41, 5.74) is 4.13. The molecule has 0 aliphatic carbocycles. The zero-order chi connectivity index (χ0) is 27.2. The molecule has 1 unspecified atom stereocenters. The molecule has 5 aliphatic rings. The Bertz CT molecular complexity index is 1350. The minimum Gasteiger partial charge on any atom is -0.494 e. The van der Waals surface area contributed by atoms with Crippen LogP contribution in [-0.4, -0.2) is 48.9 Å². The van der Waals surface area contributed by atoms with Crippen molar-refractivity contribution in [3.63, 3.8) is 0 Å². The van der Waals surface area contributed by atoms with E-state index in [0.717, 1.165) is 33.8 Å². The molecule has 3 amide bonds. The molecule has 8 nitrogen and oxygen atoms in total. The van der Waals surface area contributed by atoms with Crippen LogP contribution in [0, 0.1) is 0 Å². The molecule has 0 saturated carbocycles. The lowest BCUT2D eigenvalue weighted by Crippen LogP contribution is -2.45. The molecule has 1 atom stereocenters. The molecule has 2 N–H and O–H groups in total. The van der Waals surface area contributed by atoms with Gasteiger partial charge in [-0.2, -0.15) is 0 Å². The number of ether oxygens (including phenoxy) is 2. The van der Waals surface area contributed by atoms with Gasteiger partial charge in [-0.3, -0.25) is 14.4 Å². The smallest absolute Gasteiger partial charge is 0.242 e. The van der Waals surface area contributed by atoms with Crippen molar-refractivity contribution in [3.8, 4) is 17.2 Å². The number of nitrogens with one attached hydrogen (secondary N) is 2. The fraction of sp³-hybridized carbons (Fsp3) is 0.323. The Morgan fingerprint density at radius 2 is 1.79 bits per heavy atom. The van der Waals surface area contributed by atoms with Gasteiger partial charge in [0, 0.05) is 26.4 Å². The number of hydrogen-bond donors (Lipinski definition) is 2. The minimum atomic E-state index is -0.333. The second kappa shape index (κ2) is 12.0. The highest BCUT2D eigenvalue weighted by Crippen LogP contribution is 2.38. The van der Waals surface area contributed by atoms with Gasteiger partial charge in [-0.25, -0.2) is 0 Å². The summed E-state index contributed by atoms with van der Waals surface area (Å²) in [5, 5.41) is 5.60. The third-order valence-electron chi connectivity index (χ3n) is 7.04. The summed E-state index contributed by atoms with van der Waals surface area (Å²) in [6.45, 7) is 2.86. The molecule has 39 heavy (non-hydrogen) atoms. The largest absolute Gasteiger partial charge is 0.494 e. The minimum absolute atomic E-state index is 0.0147. The van der Waals surface area contributed by atoms with Crippen LogP contribution in [0.1, 0.15) is 48.1 Å². The zero-order valence-electron chi connectivity index (χ0n) is 22.1. The van der Waals surface area contributed by atoms with E-state index in [1.165, 1.54) is 6.92 Å². The highest BCUT2D eigenvalue weighted by atomic mass is 16.5. The molecule has 3 aromatic carbocycles. The third-order valence-corrected chi connectivity index (χ3v) is 7.04. The van der Waals surface area contributed by atoms with Crippen molar-refractivity contribution in [2.24, 2.45) is 0 Å². The highest BCUT2D eigenvalue weighted by molar-refractivity contribution is 5.84. The number of carbonyl (C=O) groups is 3. The summed E-state index contributed by atoms with van der Waals surface area (Å²) in [5.74, 6) is 1.77. The molecule has 0 aromatic heterocycles. The quantitative estimate of drug-likeness (QED) is 0.527. The van der Waals surface area contributed by atoms with Gasteiger partial charge < -0.3 is 25.0 Å². The second-order valence-corrected chi connectivity index (χ2v) is 9.88. The van der Waals surface area contributed by atoms with E-state index in [0.29, 0.717) is 51.1 Å². The number of benzene rings is 3. The summed E-state index contributed by atoms with van der Waals surface area (Å²) in [7, 11) is 0. The summed E-state index contributed by atoms with van der Waals surface area (Å²) >= 11 is 0. The molecule has 5 heterocycles. The van der Waals surface area contributed by atoms with Crippen molar-refractivity contribution >= 4 is 17.7 Å². The lowest BCUT2D eigenvalue weighted by molar-refractivity contribution is -0.134. The molecule has 8 bridgehead atoms. The Hall–Kier alpha value is -4.33. The summed E-state index contributed by atoms with van der Waals surface area (Å²) < 4.78 is 12.2. The first-order chi connectivity index (χ1) is 19.0. The van der Waals surface area contributed by atoms with Crippen LogP contribution in [0.5, 0.6) is 17.2 Å². The Balaban J connectivity index is 1.49. The molecule has 8 heteroatoms. The van der Waals surface area contributed by atoms with Crippen molar-refractivity contribution in [1.29, 1.82) is 0 Å². The van der Waals surface area contributed by atoms with E-state index in [4.69, 9.17) is 9.47 Å². The molecule has 0 fully saturated rings. The van der Waals surface area contributed by atoms with Gasteiger partial charge >= 0.3 is 0 Å². The number of hydrogen-bond acceptors (Lipinski definition) is 5. The lowest BCUT2D eigenvalue weighted by atomic mass is 9.87. The van der Waals surface area contributed by atoms with Gasteiger partial charge in [0.1, 0.15) is 17.2 Å². The number of carbonyl (C=O) groups excluding carboxylic acids is 3. The van der Waals surface area contributed by atoms with Crippen LogP contribution in [0.2, 0.25) is 0 Å². The molecule has 0 saturated heterocycles. The first-order valence-corrected chi connectivity index (χ1v) is 13.4. The number of nitrogens with zero attached hydrogens (tertiary/aromatic N) is 1. The maximum Gasteiger partial charge on any atom is 0.242 e. The first kappa shape index (κ1) is 26.3. The van der Waals surface area contributed by atoms with Crippen molar-refractivity contribution in [2.75, 3.05) is 26.2 Å². The van der Waals surface area contributed by atoms with Crippen LogP contribution < -0.4 is 20.1 Å². The maximum absolute atomic E-state index is 13.2. The Morgan fingerprint density at radius 3 is 2.62 bits per heavy atom. The summed E-state index contributed by atoms with van der Waals surface area (Å²) in [6.07, 6.45) is 2.43. The fourth-order valence-corrected chi connectivity index (χ4v) is 5.07. The van der Waals surface area contributed by atoms with Gasteiger partial charge in [0.25, 0.3) is 0 Å². The Kier molecular flexibility index (Phi) is 8.10. The van der Waals surface area contributed by atoms with Crippen molar-refractivity contribution in [1.82, 2.24) is 15.5 Å². The van der Waals surface area contributed by atoms with Gasteiger partial charge in [0.15, 0.2) is 0 Å². The fourth-order valence-electron chi connectivity index (χ4n) is 5.07. The maximum atomic E-state index is 13.2. The highest BCUT2D eigenvalue weighted by Gasteiger charge is 2.32. The van der Waals surface area contributed by atoms with Gasteiger partial charge in [-0.1, -0.05) is 30.3 Å². The van der Waals surface area contributed by atoms with E-state index in [2.05, 4.69) is 10.6 Å². The lowest BCUT2D eigenvalue weighted by Gasteiger charge is -2.38. The van der Waals surface area contributed by atoms with E-state index in [-0.39, 0.29) is 30.3 Å². The third kappa shape index (κ3) is 6.57. The number of amides is 3. The predicted molar refractivity (Wildman–Crippen MR) is 147 cm³/mol. The van der Waals surface area contributed by atoms with Crippen LogP contribution in [0.3, 0.4) is 0 Å². The van der Waals surface area contributed by atoms with Gasteiger partial charge in [0.05, 0.1) is 19.2 Å². The van der Waals surface area contributed by atoms with Crippen LogP contribution in [0.15, 0.2) is 66.7 Å².